The highest BCUT2D eigenvalue weighted by Crippen LogP contribution is 2.36. The molecule has 156 valence electrons. The summed E-state index contributed by atoms with van der Waals surface area (Å²) < 4.78 is 11.9. The quantitative estimate of drug-likeness (QED) is 0.465. The highest BCUT2D eigenvalue weighted by Gasteiger charge is 2.40. The third-order valence-corrected chi connectivity index (χ3v) is 6.49. The molecule has 2 bridgehead atoms. The lowest BCUT2D eigenvalue weighted by Crippen LogP contribution is -2.43. The second-order valence-electron chi connectivity index (χ2n) is 8.48. The fourth-order valence-electron chi connectivity index (χ4n) is 4.77. The van der Waals surface area contributed by atoms with Crippen molar-refractivity contribution in [2.75, 3.05) is 13.7 Å². The number of piperidine rings is 1. The fraction of sp³-hybridized carbons (Fsp3) is 0.583. The van der Waals surface area contributed by atoms with Crippen LogP contribution in [0.2, 0.25) is 0 Å². The highest BCUT2D eigenvalue weighted by atomic mass is 16.5. The number of nitrogens with zero attached hydrogens (tertiary/aromatic N) is 2. The van der Waals surface area contributed by atoms with Crippen molar-refractivity contribution in [1.29, 1.82) is 0 Å². The maximum atomic E-state index is 13.1. The number of hydrogen-bond acceptors (Lipinski definition) is 5. The minimum atomic E-state index is -0.256. The lowest BCUT2D eigenvalue weighted by atomic mass is 10.0. The van der Waals surface area contributed by atoms with Gasteiger partial charge in [0.1, 0.15) is 6.10 Å². The zero-order valence-corrected chi connectivity index (χ0v) is 17.6. The highest BCUT2D eigenvalue weighted by molar-refractivity contribution is 6.03. The van der Waals surface area contributed by atoms with Gasteiger partial charge in [-0.2, -0.15) is 0 Å². The monoisotopic (exact) mass is 396 g/mol. The Labute approximate surface area is 173 Å². The molecule has 1 aromatic carbocycles. The Hall–Kier alpha value is -2.14. The zero-order valence-electron chi connectivity index (χ0n) is 17.6. The number of para-hydroxylation sites is 1. The molecule has 0 amide bonds. The molecule has 0 aliphatic carbocycles. The number of benzene rings is 1. The van der Waals surface area contributed by atoms with Gasteiger partial charge in [0.25, 0.3) is 0 Å². The van der Waals surface area contributed by atoms with E-state index in [9.17, 15) is 4.79 Å². The van der Waals surface area contributed by atoms with E-state index in [2.05, 4.69) is 23.9 Å². The molecule has 2 saturated heterocycles. The summed E-state index contributed by atoms with van der Waals surface area (Å²) in [6, 6.07) is 10.6. The van der Waals surface area contributed by atoms with Crippen molar-refractivity contribution in [2.24, 2.45) is 0 Å². The van der Waals surface area contributed by atoms with Crippen molar-refractivity contribution in [3.8, 4) is 5.88 Å². The lowest BCUT2D eigenvalue weighted by molar-refractivity contribution is -0.000308. The Bertz CT molecular complexity index is 839. The van der Waals surface area contributed by atoms with Crippen LogP contribution in [0.1, 0.15) is 68.6 Å². The Morgan fingerprint density at radius 2 is 1.90 bits per heavy atom. The topological polar surface area (TPSA) is 51.7 Å². The maximum Gasteiger partial charge on any atom is 0.339 e. The molecule has 0 N–H and O–H groups in total. The van der Waals surface area contributed by atoms with Crippen LogP contribution >= 0.6 is 0 Å². The summed E-state index contributed by atoms with van der Waals surface area (Å²) in [7, 11) is 2.20. The Kier molecular flexibility index (Phi) is 6.34. The minimum Gasteiger partial charge on any atom is -0.478 e. The number of carbonyl (C=O) groups excluding carboxylic acids is 1. The van der Waals surface area contributed by atoms with Gasteiger partial charge in [-0.3, -0.25) is 0 Å². The van der Waals surface area contributed by atoms with Crippen LogP contribution in [-0.2, 0) is 4.74 Å². The summed E-state index contributed by atoms with van der Waals surface area (Å²) in [5, 5.41) is 0.826. The third kappa shape index (κ3) is 4.55. The molecule has 2 fully saturated rings. The van der Waals surface area contributed by atoms with Gasteiger partial charge in [0, 0.05) is 36.4 Å². The van der Waals surface area contributed by atoms with Crippen LogP contribution in [0.4, 0.5) is 0 Å². The molecule has 2 atom stereocenters. The second kappa shape index (κ2) is 9.12. The Morgan fingerprint density at radius 1 is 1.14 bits per heavy atom. The molecule has 1 aromatic heterocycles. The molecule has 2 unspecified atom stereocenters. The van der Waals surface area contributed by atoms with E-state index in [-0.39, 0.29) is 12.1 Å². The van der Waals surface area contributed by atoms with Gasteiger partial charge in [0.15, 0.2) is 0 Å². The first kappa shape index (κ1) is 20.1. The summed E-state index contributed by atoms with van der Waals surface area (Å²) in [6.45, 7) is 2.82. The van der Waals surface area contributed by atoms with Gasteiger partial charge in [-0.05, 0) is 32.4 Å². The molecule has 0 radical (unpaired) electrons. The molecule has 2 aromatic rings. The Morgan fingerprint density at radius 3 is 2.66 bits per heavy atom. The predicted molar refractivity (Wildman–Crippen MR) is 114 cm³/mol. The van der Waals surface area contributed by atoms with Crippen LogP contribution in [0.3, 0.4) is 0 Å². The number of aromatic nitrogens is 1. The lowest BCUT2D eigenvalue weighted by Gasteiger charge is -2.35. The van der Waals surface area contributed by atoms with E-state index in [0.717, 1.165) is 36.6 Å². The molecule has 5 heteroatoms. The number of unbranched alkanes of at least 4 members (excludes halogenated alkanes) is 3. The van der Waals surface area contributed by atoms with E-state index in [1.54, 1.807) is 6.07 Å². The number of carbonyl (C=O) groups is 1. The van der Waals surface area contributed by atoms with E-state index >= 15 is 0 Å². The molecular weight excluding hydrogens is 364 g/mol. The zero-order chi connectivity index (χ0) is 20.2. The van der Waals surface area contributed by atoms with Crippen molar-refractivity contribution in [3.63, 3.8) is 0 Å². The van der Waals surface area contributed by atoms with Gasteiger partial charge < -0.3 is 14.4 Å². The molecule has 2 aliphatic heterocycles. The average molecular weight is 397 g/mol. The Balaban J connectivity index is 1.48. The molecule has 4 rings (SSSR count). The van der Waals surface area contributed by atoms with Crippen LogP contribution in [0.15, 0.2) is 30.3 Å². The number of ether oxygens (including phenoxy) is 2. The standard InChI is InChI=1S/C24H32N2O3/c1-3-4-5-8-13-28-23-16-21(20-9-6-7-10-22(20)25-23)24(27)29-19-14-17-11-12-18(15-19)26(17)2/h6-7,9-10,16-19H,3-5,8,11-15H2,1-2H3. The van der Waals surface area contributed by atoms with Gasteiger partial charge in [0.05, 0.1) is 17.7 Å². The van der Waals surface area contributed by atoms with E-state index < -0.39 is 0 Å². The predicted octanol–water partition coefficient (Wildman–Crippen LogP) is 4.98. The third-order valence-electron chi connectivity index (χ3n) is 6.49. The molecule has 0 saturated carbocycles. The van der Waals surface area contributed by atoms with Crippen LogP contribution < -0.4 is 4.74 Å². The van der Waals surface area contributed by atoms with Gasteiger partial charge in [-0.25, -0.2) is 9.78 Å². The summed E-state index contributed by atoms with van der Waals surface area (Å²) in [5.74, 6) is 0.254. The number of rotatable bonds is 8. The van der Waals surface area contributed by atoms with Crippen LogP contribution in [0.5, 0.6) is 5.88 Å². The summed E-state index contributed by atoms with van der Waals surface area (Å²) in [4.78, 5) is 20.1. The van der Waals surface area contributed by atoms with Gasteiger partial charge in [-0.1, -0.05) is 44.4 Å². The maximum absolute atomic E-state index is 13.1. The molecule has 3 heterocycles. The largest absolute Gasteiger partial charge is 0.478 e. The van der Waals surface area contributed by atoms with E-state index in [4.69, 9.17) is 9.47 Å². The van der Waals surface area contributed by atoms with Gasteiger partial charge in [-0.15, -0.1) is 0 Å². The van der Waals surface area contributed by atoms with Gasteiger partial charge in [0.2, 0.25) is 5.88 Å². The van der Waals surface area contributed by atoms with Crippen molar-refractivity contribution < 1.29 is 14.3 Å². The first-order valence-corrected chi connectivity index (χ1v) is 11.1. The van der Waals surface area contributed by atoms with Crippen LogP contribution in [0, 0.1) is 0 Å². The number of fused-ring (bicyclic) bond motifs is 3. The average Bonchev–Trinajstić information content (AvgIpc) is 2.93. The fourth-order valence-corrected chi connectivity index (χ4v) is 4.77. The van der Waals surface area contributed by atoms with Crippen molar-refractivity contribution in [3.05, 3.63) is 35.9 Å². The van der Waals surface area contributed by atoms with Crippen LogP contribution in [0.25, 0.3) is 10.9 Å². The summed E-state index contributed by atoms with van der Waals surface area (Å²) >= 11 is 0. The molecule has 0 spiro atoms. The smallest absolute Gasteiger partial charge is 0.339 e. The van der Waals surface area contributed by atoms with Crippen molar-refractivity contribution >= 4 is 16.9 Å². The number of pyridine rings is 1. The molecule has 29 heavy (non-hydrogen) atoms. The minimum absolute atomic E-state index is 0.00143. The number of esters is 1. The van der Waals surface area contributed by atoms with Crippen molar-refractivity contribution in [1.82, 2.24) is 9.88 Å². The summed E-state index contributed by atoms with van der Waals surface area (Å²) in [5.41, 5.74) is 1.33. The SMILES string of the molecule is CCCCCCOc1cc(C(=O)OC2CC3CCC(C2)N3C)c2ccccc2n1. The normalized spacial score (nSPS) is 24.0. The first-order chi connectivity index (χ1) is 14.2. The van der Waals surface area contributed by atoms with E-state index in [0.29, 0.717) is 30.1 Å². The molecule has 5 nitrogen and oxygen atoms in total. The summed E-state index contributed by atoms with van der Waals surface area (Å²) in [6.07, 6.45) is 8.85. The first-order valence-electron chi connectivity index (χ1n) is 11.1. The second-order valence-corrected chi connectivity index (χ2v) is 8.48. The van der Waals surface area contributed by atoms with Gasteiger partial charge >= 0.3 is 5.97 Å². The van der Waals surface area contributed by atoms with E-state index in [1.807, 2.05) is 24.3 Å². The molecular formula is C24H32N2O3. The number of hydrogen-bond donors (Lipinski definition) is 0. The van der Waals surface area contributed by atoms with Crippen molar-refractivity contribution in [2.45, 2.75) is 76.5 Å². The van der Waals surface area contributed by atoms with E-state index in [1.165, 1.54) is 25.7 Å². The van der Waals surface area contributed by atoms with Crippen LogP contribution in [-0.4, -0.2) is 47.7 Å². The molecule has 2 aliphatic rings.